The first-order chi connectivity index (χ1) is 10.2. The number of hydrogen-bond acceptors (Lipinski definition) is 4. The third-order valence-corrected chi connectivity index (χ3v) is 3.35. The minimum absolute atomic E-state index is 0.557. The molecule has 0 aliphatic rings. The summed E-state index contributed by atoms with van der Waals surface area (Å²) in [5.41, 5.74) is 1.72. The molecule has 0 aliphatic carbocycles. The number of rotatable bonds is 5. The van der Waals surface area contributed by atoms with Crippen LogP contribution in [0.2, 0.25) is 0 Å². The molecule has 0 saturated heterocycles. The Balaban J connectivity index is 2.36. The molecule has 4 nitrogen and oxygen atoms in total. The van der Waals surface area contributed by atoms with E-state index in [2.05, 4.69) is 20.9 Å². The van der Waals surface area contributed by atoms with Gasteiger partial charge in [0.15, 0.2) is 11.5 Å². The molecule has 0 atom stereocenters. The molecular formula is C16H16BrNO3. The minimum atomic E-state index is 0.557. The van der Waals surface area contributed by atoms with Crippen LogP contribution in [-0.4, -0.2) is 27.5 Å². The van der Waals surface area contributed by atoms with Crippen molar-refractivity contribution in [3.05, 3.63) is 46.4 Å². The second-order valence-corrected chi connectivity index (χ2v) is 5.11. The Morgan fingerprint density at radius 3 is 2.14 bits per heavy atom. The summed E-state index contributed by atoms with van der Waals surface area (Å²) < 4.78 is 16.9. The van der Waals surface area contributed by atoms with Crippen LogP contribution in [0, 0.1) is 0 Å². The third kappa shape index (κ3) is 3.76. The molecule has 0 radical (unpaired) electrons. The molecule has 0 amide bonds. The van der Waals surface area contributed by atoms with Gasteiger partial charge in [-0.2, -0.15) is 0 Å². The van der Waals surface area contributed by atoms with E-state index < -0.39 is 0 Å². The van der Waals surface area contributed by atoms with Crippen LogP contribution in [0.5, 0.6) is 17.2 Å². The molecule has 2 rings (SSSR count). The van der Waals surface area contributed by atoms with E-state index in [0.717, 1.165) is 15.7 Å². The lowest BCUT2D eigenvalue weighted by Crippen LogP contribution is -1.94. The van der Waals surface area contributed by atoms with Crippen LogP contribution in [-0.2, 0) is 0 Å². The second-order valence-electron chi connectivity index (χ2n) is 4.20. The van der Waals surface area contributed by atoms with Crippen LogP contribution in [0.25, 0.3) is 0 Å². The van der Waals surface area contributed by atoms with Crippen molar-refractivity contribution < 1.29 is 14.2 Å². The van der Waals surface area contributed by atoms with E-state index in [1.807, 2.05) is 24.3 Å². The highest BCUT2D eigenvalue weighted by Crippen LogP contribution is 2.40. The summed E-state index contributed by atoms with van der Waals surface area (Å²) in [4.78, 5) is 4.45. The molecule has 2 aromatic rings. The van der Waals surface area contributed by atoms with Crippen LogP contribution in [0.3, 0.4) is 0 Å². The summed E-state index contributed by atoms with van der Waals surface area (Å²) in [6, 6.07) is 11.5. The molecule has 5 heteroatoms. The second kappa shape index (κ2) is 7.13. The highest BCUT2D eigenvalue weighted by atomic mass is 79.9. The van der Waals surface area contributed by atoms with Crippen LogP contribution in [0.4, 0.5) is 5.69 Å². The number of ether oxygens (including phenoxy) is 3. The van der Waals surface area contributed by atoms with E-state index in [9.17, 15) is 0 Å². The molecule has 0 fully saturated rings. The number of halogens is 1. The molecule has 0 aromatic heterocycles. The molecule has 0 saturated carbocycles. The summed E-state index contributed by atoms with van der Waals surface area (Å²) in [7, 11) is 4.74. The number of aliphatic imine (C=N–C) groups is 1. The van der Waals surface area contributed by atoms with Gasteiger partial charge in [-0.25, -0.2) is 0 Å². The Bertz CT molecular complexity index is 631. The van der Waals surface area contributed by atoms with Gasteiger partial charge in [-0.05, 0) is 17.7 Å². The highest BCUT2D eigenvalue weighted by molar-refractivity contribution is 9.10. The largest absolute Gasteiger partial charge is 0.493 e. The third-order valence-electron chi connectivity index (χ3n) is 2.86. The van der Waals surface area contributed by atoms with Crippen molar-refractivity contribution in [2.24, 2.45) is 4.99 Å². The number of benzene rings is 2. The minimum Gasteiger partial charge on any atom is -0.493 e. The van der Waals surface area contributed by atoms with Gasteiger partial charge in [0.25, 0.3) is 0 Å². The maximum absolute atomic E-state index is 5.30. The summed E-state index contributed by atoms with van der Waals surface area (Å²) >= 11 is 3.43. The molecule has 0 bridgehead atoms. The Kier molecular flexibility index (Phi) is 5.22. The van der Waals surface area contributed by atoms with Crippen molar-refractivity contribution in [3.63, 3.8) is 0 Å². The van der Waals surface area contributed by atoms with E-state index in [-0.39, 0.29) is 0 Å². The van der Waals surface area contributed by atoms with Crippen molar-refractivity contribution in [3.8, 4) is 17.2 Å². The zero-order valence-corrected chi connectivity index (χ0v) is 13.7. The Labute approximate surface area is 132 Å². The molecule has 0 heterocycles. The van der Waals surface area contributed by atoms with Crippen molar-refractivity contribution in [2.75, 3.05) is 21.3 Å². The van der Waals surface area contributed by atoms with E-state index >= 15 is 0 Å². The Hall–Kier alpha value is -2.01. The quantitative estimate of drug-likeness (QED) is 0.758. The van der Waals surface area contributed by atoms with Gasteiger partial charge in [-0.15, -0.1) is 0 Å². The van der Waals surface area contributed by atoms with Crippen LogP contribution >= 0.6 is 15.9 Å². The summed E-state index contributed by atoms with van der Waals surface area (Å²) in [6.07, 6.45) is 1.78. The van der Waals surface area contributed by atoms with Crippen LogP contribution in [0.1, 0.15) is 5.56 Å². The van der Waals surface area contributed by atoms with Crippen molar-refractivity contribution >= 4 is 27.8 Å². The van der Waals surface area contributed by atoms with Crippen molar-refractivity contribution in [1.29, 1.82) is 0 Å². The highest BCUT2D eigenvalue weighted by Gasteiger charge is 2.12. The first kappa shape index (κ1) is 15.4. The standard InChI is InChI=1S/C16H16BrNO3/c1-19-14-8-13(9-15(20-2)16(14)21-3)18-10-11-5-4-6-12(17)7-11/h4-10H,1-3H3. The fourth-order valence-electron chi connectivity index (χ4n) is 1.88. The van der Waals surface area contributed by atoms with Gasteiger partial charge in [0.1, 0.15) is 0 Å². The summed E-state index contributed by atoms with van der Waals surface area (Å²) in [6.45, 7) is 0. The van der Waals surface area contributed by atoms with Crippen molar-refractivity contribution in [1.82, 2.24) is 0 Å². The molecular weight excluding hydrogens is 334 g/mol. The topological polar surface area (TPSA) is 40.0 Å². The lowest BCUT2D eigenvalue weighted by Gasteiger charge is -2.12. The van der Waals surface area contributed by atoms with E-state index in [1.165, 1.54) is 0 Å². The van der Waals surface area contributed by atoms with Gasteiger partial charge >= 0.3 is 0 Å². The Morgan fingerprint density at radius 2 is 1.62 bits per heavy atom. The Morgan fingerprint density at radius 1 is 0.952 bits per heavy atom. The van der Waals surface area contributed by atoms with Gasteiger partial charge in [0, 0.05) is 22.8 Å². The number of nitrogens with zero attached hydrogens (tertiary/aromatic N) is 1. The maximum atomic E-state index is 5.30. The molecule has 0 N–H and O–H groups in total. The molecule has 2 aromatic carbocycles. The van der Waals surface area contributed by atoms with Crippen LogP contribution < -0.4 is 14.2 Å². The zero-order chi connectivity index (χ0) is 15.2. The lowest BCUT2D eigenvalue weighted by atomic mass is 10.2. The maximum Gasteiger partial charge on any atom is 0.203 e. The molecule has 21 heavy (non-hydrogen) atoms. The first-order valence-electron chi connectivity index (χ1n) is 6.27. The fourth-order valence-corrected chi connectivity index (χ4v) is 2.29. The average Bonchev–Trinajstić information content (AvgIpc) is 2.51. The van der Waals surface area contributed by atoms with Crippen LogP contribution in [0.15, 0.2) is 45.9 Å². The van der Waals surface area contributed by atoms with Crippen molar-refractivity contribution in [2.45, 2.75) is 0 Å². The van der Waals surface area contributed by atoms with Gasteiger partial charge in [-0.1, -0.05) is 28.1 Å². The van der Waals surface area contributed by atoms with E-state index in [4.69, 9.17) is 14.2 Å². The fraction of sp³-hybridized carbons (Fsp3) is 0.188. The predicted octanol–water partition coefficient (Wildman–Crippen LogP) is 4.23. The number of hydrogen-bond donors (Lipinski definition) is 0. The van der Waals surface area contributed by atoms with Gasteiger partial charge in [-0.3, -0.25) is 4.99 Å². The monoisotopic (exact) mass is 349 g/mol. The zero-order valence-electron chi connectivity index (χ0n) is 12.1. The predicted molar refractivity (Wildman–Crippen MR) is 87.5 cm³/mol. The van der Waals surface area contributed by atoms with E-state index in [0.29, 0.717) is 17.2 Å². The lowest BCUT2D eigenvalue weighted by molar-refractivity contribution is 0.324. The number of methoxy groups -OCH3 is 3. The normalized spacial score (nSPS) is 10.7. The summed E-state index contributed by atoms with van der Waals surface area (Å²) in [5.74, 6) is 1.72. The first-order valence-corrected chi connectivity index (χ1v) is 7.07. The molecule has 0 spiro atoms. The van der Waals surface area contributed by atoms with Gasteiger partial charge < -0.3 is 14.2 Å². The summed E-state index contributed by atoms with van der Waals surface area (Å²) in [5, 5.41) is 0. The SMILES string of the molecule is COc1cc(N=Cc2cccc(Br)c2)cc(OC)c1OC. The molecule has 110 valence electrons. The molecule has 0 unspecified atom stereocenters. The smallest absolute Gasteiger partial charge is 0.203 e. The molecule has 0 aliphatic heterocycles. The van der Waals surface area contributed by atoms with E-state index in [1.54, 1.807) is 39.7 Å². The van der Waals surface area contributed by atoms with Gasteiger partial charge in [0.05, 0.1) is 27.0 Å². The average molecular weight is 350 g/mol. The van der Waals surface area contributed by atoms with Gasteiger partial charge in [0.2, 0.25) is 5.75 Å².